The summed E-state index contributed by atoms with van der Waals surface area (Å²) in [6.07, 6.45) is 2.19. The van der Waals surface area contributed by atoms with Crippen LogP contribution >= 0.6 is 0 Å². The number of aromatic nitrogens is 2. The maximum absolute atomic E-state index is 13.6. The van der Waals surface area contributed by atoms with Crippen molar-refractivity contribution in [3.63, 3.8) is 0 Å². The van der Waals surface area contributed by atoms with Crippen molar-refractivity contribution in [2.24, 2.45) is 11.8 Å². The summed E-state index contributed by atoms with van der Waals surface area (Å²) in [7, 11) is 1.74. The van der Waals surface area contributed by atoms with Gasteiger partial charge in [0.15, 0.2) is 0 Å². The standard InChI is InChI=1S/C29H36N4O3/c1-17(2)28(34)31-23-8-7-20-13-22(14-21(20)15-23)29(35)32-11-10-26(27(16-32)36-5)33-19(4)30-24-12-18(3)6-9-25(24)33/h6-9,12,15,17,22,26-27H,10-11,13-14,16H2,1-5H3,(H,31,34)/t22?,26-,27-/m1/s1. The first-order valence-corrected chi connectivity index (χ1v) is 12.9. The van der Waals surface area contributed by atoms with E-state index in [0.29, 0.717) is 19.5 Å². The van der Waals surface area contributed by atoms with Gasteiger partial charge in [0.05, 0.1) is 23.2 Å². The van der Waals surface area contributed by atoms with Gasteiger partial charge in [-0.3, -0.25) is 9.59 Å². The zero-order valence-corrected chi connectivity index (χ0v) is 21.9. The Kier molecular flexibility index (Phi) is 6.60. The SMILES string of the molecule is CO[C@@H]1CN(C(=O)C2Cc3ccc(NC(=O)C(C)C)cc3C2)CC[C@H]1n1c(C)nc2cc(C)ccc21. The van der Waals surface area contributed by atoms with Crippen LogP contribution in [-0.2, 0) is 27.2 Å². The van der Waals surface area contributed by atoms with Gasteiger partial charge in [0, 0.05) is 37.7 Å². The highest BCUT2D eigenvalue weighted by Gasteiger charge is 2.38. The average molecular weight is 489 g/mol. The van der Waals surface area contributed by atoms with Crippen molar-refractivity contribution in [1.82, 2.24) is 14.5 Å². The van der Waals surface area contributed by atoms with E-state index >= 15 is 0 Å². The molecular weight excluding hydrogens is 452 g/mol. The van der Waals surface area contributed by atoms with Gasteiger partial charge in [-0.05, 0) is 74.1 Å². The number of fused-ring (bicyclic) bond motifs is 2. The highest BCUT2D eigenvalue weighted by Crippen LogP contribution is 2.34. The lowest BCUT2D eigenvalue weighted by Crippen LogP contribution is -2.50. The smallest absolute Gasteiger partial charge is 0.226 e. The number of rotatable bonds is 5. The van der Waals surface area contributed by atoms with Crippen molar-refractivity contribution < 1.29 is 14.3 Å². The van der Waals surface area contributed by atoms with Crippen LogP contribution in [0.2, 0.25) is 0 Å². The Morgan fingerprint density at radius 3 is 2.61 bits per heavy atom. The first-order chi connectivity index (χ1) is 17.2. The molecule has 0 spiro atoms. The molecule has 36 heavy (non-hydrogen) atoms. The Morgan fingerprint density at radius 1 is 1.08 bits per heavy atom. The number of carbonyl (C=O) groups is 2. The van der Waals surface area contributed by atoms with Crippen molar-refractivity contribution in [1.29, 1.82) is 0 Å². The fraction of sp³-hybridized carbons (Fsp3) is 0.483. The third-order valence-electron chi connectivity index (χ3n) is 7.77. The summed E-state index contributed by atoms with van der Waals surface area (Å²) >= 11 is 0. The maximum atomic E-state index is 13.6. The van der Waals surface area contributed by atoms with Gasteiger partial charge in [-0.1, -0.05) is 26.0 Å². The van der Waals surface area contributed by atoms with Gasteiger partial charge >= 0.3 is 0 Å². The van der Waals surface area contributed by atoms with E-state index in [-0.39, 0.29) is 35.8 Å². The number of methoxy groups -OCH3 is 1. The summed E-state index contributed by atoms with van der Waals surface area (Å²) in [6, 6.07) is 12.5. The monoisotopic (exact) mass is 488 g/mol. The molecule has 0 radical (unpaired) electrons. The molecule has 1 aliphatic heterocycles. The van der Waals surface area contributed by atoms with Crippen LogP contribution in [0.5, 0.6) is 0 Å². The molecule has 1 aliphatic carbocycles. The molecule has 2 aromatic carbocycles. The molecule has 3 aromatic rings. The van der Waals surface area contributed by atoms with E-state index in [0.717, 1.165) is 41.0 Å². The number of piperidine rings is 1. The van der Waals surface area contributed by atoms with Gasteiger partial charge in [-0.15, -0.1) is 0 Å². The number of nitrogens with zero attached hydrogens (tertiary/aromatic N) is 3. The Labute approximate surface area is 212 Å². The van der Waals surface area contributed by atoms with Crippen LogP contribution in [0.25, 0.3) is 11.0 Å². The fourth-order valence-electron chi connectivity index (χ4n) is 5.79. The van der Waals surface area contributed by atoms with Crippen LogP contribution in [0, 0.1) is 25.7 Å². The third kappa shape index (κ3) is 4.52. The number of hydrogen-bond donors (Lipinski definition) is 1. The van der Waals surface area contributed by atoms with E-state index in [2.05, 4.69) is 41.1 Å². The number of imidazole rings is 1. The summed E-state index contributed by atoms with van der Waals surface area (Å²) in [5.74, 6) is 1.04. The number of aryl methyl sites for hydroxylation is 2. The molecule has 1 fully saturated rings. The number of anilines is 1. The molecule has 2 heterocycles. The van der Waals surface area contributed by atoms with E-state index in [9.17, 15) is 9.59 Å². The first kappa shape index (κ1) is 24.5. The van der Waals surface area contributed by atoms with Crippen LogP contribution < -0.4 is 5.32 Å². The molecular formula is C29H36N4O3. The topological polar surface area (TPSA) is 76.5 Å². The molecule has 2 amide bonds. The lowest BCUT2D eigenvalue weighted by atomic mass is 9.97. The molecule has 1 saturated heterocycles. The number of benzene rings is 2. The van der Waals surface area contributed by atoms with E-state index < -0.39 is 0 Å². The number of hydrogen-bond acceptors (Lipinski definition) is 4. The molecule has 2 aliphatic rings. The third-order valence-corrected chi connectivity index (χ3v) is 7.77. The Bertz CT molecular complexity index is 1310. The lowest BCUT2D eigenvalue weighted by Gasteiger charge is -2.40. The number of amides is 2. The molecule has 1 N–H and O–H groups in total. The highest BCUT2D eigenvalue weighted by molar-refractivity contribution is 5.92. The molecule has 7 nitrogen and oxygen atoms in total. The second-order valence-electron chi connectivity index (χ2n) is 10.7. The molecule has 0 bridgehead atoms. The van der Waals surface area contributed by atoms with Crippen molar-refractivity contribution in [3.05, 3.63) is 58.9 Å². The van der Waals surface area contributed by atoms with Gasteiger partial charge in [-0.2, -0.15) is 0 Å². The molecule has 1 unspecified atom stereocenters. The van der Waals surface area contributed by atoms with E-state index in [1.54, 1.807) is 7.11 Å². The van der Waals surface area contributed by atoms with E-state index in [4.69, 9.17) is 9.72 Å². The lowest BCUT2D eigenvalue weighted by molar-refractivity contribution is -0.140. The molecule has 3 atom stereocenters. The van der Waals surface area contributed by atoms with Gasteiger partial charge in [0.2, 0.25) is 11.8 Å². The summed E-state index contributed by atoms with van der Waals surface area (Å²) in [6.45, 7) is 9.17. The Hall–Kier alpha value is -3.19. The van der Waals surface area contributed by atoms with E-state index in [1.165, 1.54) is 11.1 Å². The van der Waals surface area contributed by atoms with Crippen LogP contribution in [0.15, 0.2) is 36.4 Å². The predicted molar refractivity (Wildman–Crippen MR) is 141 cm³/mol. The Morgan fingerprint density at radius 2 is 1.86 bits per heavy atom. The van der Waals surface area contributed by atoms with Crippen LogP contribution in [0.3, 0.4) is 0 Å². The second kappa shape index (κ2) is 9.69. The fourth-order valence-corrected chi connectivity index (χ4v) is 5.79. The minimum atomic E-state index is -0.0956. The van der Waals surface area contributed by atoms with Gasteiger partial charge in [0.25, 0.3) is 0 Å². The summed E-state index contributed by atoms with van der Waals surface area (Å²) in [5, 5.41) is 2.97. The number of carbonyl (C=O) groups excluding carboxylic acids is 2. The van der Waals surface area contributed by atoms with Gasteiger partial charge < -0.3 is 19.5 Å². The van der Waals surface area contributed by atoms with Crippen LogP contribution in [-0.4, -0.2) is 52.6 Å². The summed E-state index contributed by atoms with van der Waals surface area (Å²) in [5.41, 5.74) is 6.49. The number of likely N-dealkylation sites (tertiary alicyclic amines) is 1. The largest absolute Gasteiger partial charge is 0.377 e. The second-order valence-corrected chi connectivity index (χ2v) is 10.7. The molecule has 5 rings (SSSR count). The van der Waals surface area contributed by atoms with E-state index in [1.807, 2.05) is 37.8 Å². The zero-order chi connectivity index (χ0) is 25.6. The molecule has 7 heteroatoms. The summed E-state index contributed by atoms with van der Waals surface area (Å²) < 4.78 is 8.24. The number of ether oxygens (including phenoxy) is 1. The minimum absolute atomic E-state index is 0.00472. The average Bonchev–Trinajstić information content (AvgIpc) is 3.42. The molecule has 0 saturated carbocycles. The normalized spacial score (nSPS) is 21.7. The van der Waals surface area contributed by atoms with Crippen molar-refractivity contribution in [2.45, 2.75) is 59.1 Å². The van der Waals surface area contributed by atoms with Crippen molar-refractivity contribution in [2.75, 3.05) is 25.5 Å². The van der Waals surface area contributed by atoms with Gasteiger partial charge in [-0.25, -0.2) is 4.98 Å². The van der Waals surface area contributed by atoms with Crippen molar-refractivity contribution >= 4 is 28.5 Å². The summed E-state index contributed by atoms with van der Waals surface area (Å²) in [4.78, 5) is 32.4. The number of nitrogens with one attached hydrogen (secondary N) is 1. The predicted octanol–water partition coefficient (Wildman–Crippen LogP) is 4.45. The highest BCUT2D eigenvalue weighted by atomic mass is 16.5. The first-order valence-electron chi connectivity index (χ1n) is 12.9. The maximum Gasteiger partial charge on any atom is 0.226 e. The van der Waals surface area contributed by atoms with Gasteiger partial charge in [0.1, 0.15) is 5.82 Å². The zero-order valence-electron chi connectivity index (χ0n) is 21.9. The molecule has 190 valence electrons. The van der Waals surface area contributed by atoms with Crippen LogP contribution in [0.1, 0.15) is 48.8 Å². The van der Waals surface area contributed by atoms with Crippen LogP contribution in [0.4, 0.5) is 5.69 Å². The van der Waals surface area contributed by atoms with Crippen molar-refractivity contribution in [3.8, 4) is 0 Å². The quantitative estimate of drug-likeness (QED) is 0.576. The minimum Gasteiger partial charge on any atom is -0.377 e. The Balaban J connectivity index is 1.28. The molecule has 1 aromatic heterocycles.